The summed E-state index contributed by atoms with van der Waals surface area (Å²) in [4.78, 5) is 20.8. The third-order valence-electron chi connectivity index (χ3n) is 4.01. The molecule has 0 spiro atoms. The number of anilines is 1. The molecule has 0 unspecified atom stereocenters. The van der Waals surface area contributed by atoms with Crippen molar-refractivity contribution in [3.63, 3.8) is 0 Å². The number of benzene rings is 2. The van der Waals surface area contributed by atoms with Gasteiger partial charge in [-0.25, -0.2) is 9.59 Å². The third-order valence-corrected chi connectivity index (χ3v) is 4.01. The lowest BCUT2D eigenvalue weighted by Gasteiger charge is -2.13. The summed E-state index contributed by atoms with van der Waals surface area (Å²) in [5.74, 6) is -2.25. The molecule has 0 heterocycles. The van der Waals surface area contributed by atoms with Crippen LogP contribution in [0.15, 0.2) is 36.4 Å². The van der Waals surface area contributed by atoms with E-state index in [0.717, 1.165) is 31.0 Å². The Labute approximate surface area is 148 Å². The molecule has 2 rings (SSSR count). The highest BCUT2D eigenvalue weighted by Gasteiger charge is 2.07. The highest BCUT2D eigenvalue weighted by molar-refractivity contribution is 5.93. The van der Waals surface area contributed by atoms with E-state index >= 15 is 0 Å². The number of carboxylic acids is 2. The number of hydrogen-bond donors (Lipinski definition) is 3. The Morgan fingerprint density at radius 1 is 0.840 bits per heavy atom. The summed E-state index contributed by atoms with van der Waals surface area (Å²) < 4.78 is 0. The summed E-state index contributed by atoms with van der Waals surface area (Å²) in [6.07, 6.45) is 3.25. The van der Waals surface area contributed by atoms with E-state index in [-0.39, 0.29) is 11.1 Å². The van der Waals surface area contributed by atoms with E-state index in [2.05, 4.69) is 26.8 Å². The maximum Gasteiger partial charge on any atom is 0.335 e. The predicted molar refractivity (Wildman–Crippen MR) is 99.3 cm³/mol. The lowest BCUT2D eigenvalue weighted by molar-refractivity contribution is 0.0696. The van der Waals surface area contributed by atoms with Crippen LogP contribution in [0, 0.1) is 0 Å². The van der Waals surface area contributed by atoms with Gasteiger partial charge < -0.3 is 15.9 Å². The third kappa shape index (κ3) is 5.35. The zero-order valence-corrected chi connectivity index (χ0v) is 14.9. The number of carbonyl (C=O) groups is 2. The van der Waals surface area contributed by atoms with Gasteiger partial charge in [0.15, 0.2) is 0 Å². The lowest BCUT2D eigenvalue weighted by atomic mass is 9.94. The molecule has 0 atom stereocenters. The molecule has 0 aliphatic heterocycles. The molecule has 0 saturated heterocycles. The number of hydrogen-bond acceptors (Lipinski definition) is 3. The van der Waals surface area contributed by atoms with Crippen LogP contribution in [0.5, 0.6) is 0 Å². The fourth-order valence-electron chi connectivity index (χ4n) is 2.73. The molecule has 0 fully saturated rings. The van der Waals surface area contributed by atoms with Crippen LogP contribution in [-0.4, -0.2) is 22.2 Å². The molecule has 0 radical (unpaired) electrons. The van der Waals surface area contributed by atoms with Crippen LogP contribution in [0.3, 0.4) is 0 Å². The first kappa shape index (κ1) is 20.2. The van der Waals surface area contributed by atoms with Crippen LogP contribution in [0.4, 0.5) is 5.69 Å². The molecule has 0 bridgehead atoms. The SMILES string of the molecule is CCc1ccc(N)c(CC)c1CC.O=C(O)c1cccc(C(=O)O)c1. The summed E-state index contributed by atoms with van der Waals surface area (Å²) in [5, 5.41) is 17.0. The average Bonchev–Trinajstić information content (AvgIpc) is 2.61. The van der Waals surface area contributed by atoms with Crippen molar-refractivity contribution in [2.45, 2.75) is 40.0 Å². The molecule has 2 aromatic rings. The molecule has 0 aliphatic rings. The Hall–Kier alpha value is -2.82. The summed E-state index contributed by atoms with van der Waals surface area (Å²) >= 11 is 0. The zero-order chi connectivity index (χ0) is 19.0. The highest BCUT2D eigenvalue weighted by atomic mass is 16.4. The fourth-order valence-corrected chi connectivity index (χ4v) is 2.73. The second-order valence-electron chi connectivity index (χ2n) is 5.52. The van der Waals surface area contributed by atoms with Crippen molar-refractivity contribution in [2.24, 2.45) is 0 Å². The van der Waals surface area contributed by atoms with Crippen molar-refractivity contribution in [3.05, 3.63) is 64.2 Å². The Balaban J connectivity index is 0.000000251. The van der Waals surface area contributed by atoms with Gasteiger partial charge in [-0.15, -0.1) is 0 Å². The maximum absolute atomic E-state index is 10.4. The van der Waals surface area contributed by atoms with Gasteiger partial charge in [0.25, 0.3) is 0 Å². The standard InChI is InChI=1S/C12H19N.C8H6O4/c1-4-9-7-8-12(13)11(6-3)10(9)5-2;9-7(10)5-2-1-3-6(4-5)8(11)12/h7-8H,4-6,13H2,1-3H3;1-4H,(H,9,10)(H,11,12). The highest BCUT2D eigenvalue weighted by Crippen LogP contribution is 2.22. The van der Waals surface area contributed by atoms with E-state index in [1.807, 2.05) is 6.07 Å². The van der Waals surface area contributed by atoms with Gasteiger partial charge in [0.05, 0.1) is 11.1 Å². The summed E-state index contributed by atoms with van der Waals surface area (Å²) in [6.45, 7) is 6.57. The second-order valence-corrected chi connectivity index (χ2v) is 5.52. The average molecular weight is 343 g/mol. The van der Waals surface area contributed by atoms with E-state index in [9.17, 15) is 9.59 Å². The largest absolute Gasteiger partial charge is 0.478 e. The van der Waals surface area contributed by atoms with Gasteiger partial charge in [-0.1, -0.05) is 32.9 Å². The lowest BCUT2D eigenvalue weighted by Crippen LogP contribution is -2.02. The van der Waals surface area contributed by atoms with E-state index in [4.69, 9.17) is 15.9 Å². The molecule has 25 heavy (non-hydrogen) atoms. The zero-order valence-electron chi connectivity index (χ0n) is 14.9. The van der Waals surface area contributed by atoms with Crippen molar-refractivity contribution in [3.8, 4) is 0 Å². The van der Waals surface area contributed by atoms with Gasteiger partial charge in [-0.05, 0) is 60.2 Å². The summed E-state index contributed by atoms with van der Waals surface area (Å²) in [6, 6.07) is 9.39. The van der Waals surface area contributed by atoms with Gasteiger partial charge >= 0.3 is 11.9 Å². The van der Waals surface area contributed by atoms with E-state index in [0.29, 0.717) is 0 Å². The number of aryl methyl sites for hydroxylation is 1. The van der Waals surface area contributed by atoms with Crippen LogP contribution in [0.2, 0.25) is 0 Å². The normalized spacial score (nSPS) is 9.88. The summed E-state index contributed by atoms with van der Waals surface area (Å²) in [5.41, 5.74) is 11.1. The second kappa shape index (κ2) is 9.47. The molecule has 5 heteroatoms. The number of nitrogens with two attached hydrogens (primary N) is 1. The van der Waals surface area contributed by atoms with Crippen molar-refractivity contribution >= 4 is 17.6 Å². The van der Waals surface area contributed by atoms with Crippen LogP contribution in [0.25, 0.3) is 0 Å². The Kier molecular flexibility index (Phi) is 7.66. The van der Waals surface area contributed by atoms with Crippen LogP contribution < -0.4 is 5.73 Å². The Bertz CT molecular complexity index is 724. The molecular formula is C20H25NO4. The molecule has 0 amide bonds. The first-order valence-corrected chi connectivity index (χ1v) is 8.31. The minimum absolute atomic E-state index is 0.0186. The molecular weight excluding hydrogens is 318 g/mol. The fraction of sp³-hybridized carbons (Fsp3) is 0.300. The topological polar surface area (TPSA) is 101 Å². The minimum atomic E-state index is -1.13. The van der Waals surface area contributed by atoms with E-state index in [1.54, 1.807) is 0 Å². The molecule has 5 nitrogen and oxygen atoms in total. The predicted octanol–water partition coefficient (Wildman–Crippen LogP) is 4.04. The molecule has 2 aromatic carbocycles. The molecule has 0 saturated carbocycles. The first-order chi connectivity index (χ1) is 11.8. The summed E-state index contributed by atoms with van der Waals surface area (Å²) in [7, 11) is 0. The number of nitrogen functional groups attached to an aromatic ring is 1. The Morgan fingerprint density at radius 2 is 1.36 bits per heavy atom. The number of rotatable bonds is 5. The van der Waals surface area contributed by atoms with Gasteiger partial charge in [0.1, 0.15) is 0 Å². The minimum Gasteiger partial charge on any atom is -0.478 e. The molecule has 134 valence electrons. The number of carboxylic acid groups (broad SMARTS) is 2. The van der Waals surface area contributed by atoms with Crippen LogP contribution >= 0.6 is 0 Å². The van der Waals surface area contributed by atoms with E-state index in [1.165, 1.54) is 34.9 Å². The molecule has 0 aliphatic carbocycles. The van der Waals surface area contributed by atoms with Crippen molar-refractivity contribution in [1.29, 1.82) is 0 Å². The van der Waals surface area contributed by atoms with Gasteiger partial charge in [0.2, 0.25) is 0 Å². The maximum atomic E-state index is 10.4. The van der Waals surface area contributed by atoms with Crippen molar-refractivity contribution < 1.29 is 19.8 Å². The van der Waals surface area contributed by atoms with Crippen LogP contribution in [-0.2, 0) is 19.3 Å². The Morgan fingerprint density at radius 3 is 1.76 bits per heavy atom. The van der Waals surface area contributed by atoms with E-state index < -0.39 is 11.9 Å². The number of aromatic carboxylic acids is 2. The monoisotopic (exact) mass is 343 g/mol. The van der Waals surface area contributed by atoms with Gasteiger partial charge in [0, 0.05) is 5.69 Å². The smallest absolute Gasteiger partial charge is 0.335 e. The quantitative estimate of drug-likeness (QED) is 0.711. The van der Waals surface area contributed by atoms with Crippen molar-refractivity contribution in [2.75, 3.05) is 5.73 Å². The van der Waals surface area contributed by atoms with Crippen LogP contribution in [0.1, 0.15) is 58.2 Å². The van der Waals surface area contributed by atoms with Gasteiger partial charge in [-0.3, -0.25) is 0 Å². The first-order valence-electron chi connectivity index (χ1n) is 8.31. The van der Waals surface area contributed by atoms with Gasteiger partial charge in [-0.2, -0.15) is 0 Å². The molecule has 4 N–H and O–H groups in total. The molecule has 0 aromatic heterocycles. The van der Waals surface area contributed by atoms with Crippen molar-refractivity contribution in [1.82, 2.24) is 0 Å².